The van der Waals surface area contributed by atoms with E-state index >= 15 is 0 Å². The number of carbonyl (C=O) groups excluding carboxylic acids is 1. The van der Waals surface area contributed by atoms with Crippen molar-refractivity contribution in [3.8, 4) is 0 Å². The third-order valence-corrected chi connectivity index (χ3v) is 5.55. The van der Waals surface area contributed by atoms with E-state index in [9.17, 15) is 4.79 Å². The minimum atomic E-state index is 0.0454. The number of likely N-dealkylation sites (tertiary alicyclic amines) is 1. The Morgan fingerprint density at radius 3 is 2.59 bits per heavy atom. The van der Waals surface area contributed by atoms with Gasteiger partial charge in [0.2, 0.25) is 5.91 Å². The fraction of sp³-hybridized carbons (Fsp3) is 0.550. The first-order valence-corrected chi connectivity index (χ1v) is 10.7. The third-order valence-electron chi connectivity index (χ3n) is 4.58. The molecule has 1 fully saturated rings. The molecule has 1 saturated heterocycles. The van der Waals surface area contributed by atoms with Gasteiger partial charge in [0.15, 0.2) is 5.16 Å². The lowest BCUT2D eigenvalue weighted by Gasteiger charge is -2.16. The van der Waals surface area contributed by atoms with Crippen LogP contribution in [0, 0.1) is 5.92 Å². The number of amides is 1. The van der Waals surface area contributed by atoms with Gasteiger partial charge in [-0.3, -0.25) is 9.69 Å². The van der Waals surface area contributed by atoms with Crippen molar-refractivity contribution in [2.75, 3.05) is 25.4 Å². The molecule has 0 spiro atoms. The first-order chi connectivity index (χ1) is 13.1. The normalized spacial score (nSPS) is 14.8. The highest BCUT2D eigenvalue weighted by atomic mass is 32.2. The maximum Gasteiger partial charge on any atom is 0.230 e. The zero-order valence-electron chi connectivity index (χ0n) is 16.2. The molecule has 0 radical (unpaired) electrons. The Kier molecular flexibility index (Phi) is 7.29. The van der Waals surface area contributed by atoms with Gasteiger partial charge >= 0.3 is 0 Å². The predicted molar refractivity (Wildman–Crippen MR) is 109 cm³/mol. The van der Waals surface area contributed by atoms with Crippen molar-refractivity contribution in [3.05, 3.63) is 41.7 Å². The van der Waals surface area contributed by atoms with Crippen LogP contribution in [0.3, 0.4) is 0 Å². The number of hydrogen-bond acceptors (Lipinski definition) is 5. The summed E-state index contributed by atoms with van der Waals surface area (Å²) in [6, 6.07) is 10.3. The SMILES string of the molecule is CC(C)CNC(=O)CSc1nnc(CN2CCCC2)n1Cc1ccccc1. The zero-order valence-corrected chi connectivity index (χ0v) is 17.0. The zero-order chi connectivity index (χ0) is 19.1. The summed E-state index contributed by atoms with van der Waals surface area (Å²) in [6.07, 6.45) is 2.51. The van der Waals surface area contributed by atoms with Gasteiger partial charge in [-0.2, -0.15) is 0 Å². The molecule has 2 aromatic rings. The molecule has 0 aliphatic carbocycles. The van der Waals surface area contributed by atoms with Gasteiger partial charge in [0, 0.05) is 6.54 Å². The summed E-state index contributed by atoms with van der Waals surface area (Å²) in [7, 11) is 0. The number of rotatable bonds is 9. The van der Waals surface area contributed by atoms with Crippen LogP contribution in [0.25, 0.3) is 0 Å². The summed E-state index contributed by atoms with van der Waals surface area (Å²) in [5, 5.41) is 12.6. The third kappa shape index (κ3) is 6.07. The van der Waals surface area contributed by atoms with Gasteiger partial charge in [-0.15, -0.1) is 10.2 Å². The number of thioether (sulfide) groups is 1. The molecule has 1 aliphatic heterocycles. The van der Waals surface area contributed by atoms with Crippen molar-refractivity contribution < 1.29 is 4.79 Å². The number of hydrogen-bond donors (Lipinski definition) is 1. The van der Waals surface area contributed by atoms with E-state index in [1.165, 1.54) is 30.2 Å². The average Bonchev–Trinajstić information content (AvgIpc) is 3.30. The van der Waals surface area contributed by atoms with Crippen molar-refractivity contribution >= 4 is 17.7 Å². The average molecular weight is 388 g/mol. The second kappa shape index (κ2) is 9.90. The van der Waals surface area contributed by atoms with Crippen LogP contribution in [0.4, 0.5) is 0 Å². The van der Waals surface area contributed by atoms with Crippen molar-refractivity contribution in [2.45, 2.75) is 44.9 Å². The minimum absolute atomic E-state index is 0.0454. The molecular weight excluding hydrogens is 358 g/mol. The molecule has 2 heterocycles. The van der Waals surface area contributed by atoms with Gasteiger partial charge in [-0.05, 0) is 37.4 Å². The van der Waals surface area contributed by atoms with Crippen molar-refractivity contribution in [1.29, 1.82) is 0 Å². The molecule has 6 nitrogen and oxygen atoms in total. The molecule has 3 rings (SSSR count). The van der Waals surface area contributed by atoms with Gasteiger partial charge in [-0.25, -0.2) is 0 Å². The van der Waals surface area contributed by atoms with E-state index in [-0.39, 0.29) is 5.91 Å². The Balaban J connectivity index is 1.69. The van der Waals surface area contributed by atoms with Crippen LogP contribution in [0.2, 0.25) is 0 Å². The van der Waals surface area contributed by atoms with Gasteiger partial charge in [0.1, 0.15) is 5.82 Å². The molecule has 1 aliphatic rings. The van der Waals surface area contributed by atoms with Crippen LogP contribution in [0.15, 0.2) is 35.5 Å². The highest BCUT2D eigenvalue weighted by Gasteiger charge is 2.19. The molecule has 0 unspecified atom stereocenters. The highest BCUT2D eigenvalue weighted by Crippen LogP contribution is 2.21. The molecule has 0 atom stereocenters. The molecule has 7 heteroatoms. The van der Waals surface area contributed by atoms with Crippen molar-refractivity contribution in [2.24, 2.45) is 5.92 Å². The standard InChI is InChI=1S/C20H29N5OS/c1-16(2)12-21-19(26)15-27-20-23-22-18(14-24-10-6-7-11-24)25(20)13-17-8-4-3-5-9-17/h3-5,8-9,16H,6-7,10-15H2,1-2H3,(H,21,26). The highest BCUT2D eigenvalue weighted by molar-refractivity contribution is 7.99. The first kappa shape index (κ1) is 19.9. The number of carbonyl (C=O) groups is 1. The first-order valence-electron chi connectivity index (χ1n) is 9.69. The van der Waals surface area contributed by atoms with Crippen LogP contribution in [-0.2, 0) is 17.9 Å². The minimum Gasteiger partial charge on any atom is -0.355 e. The van der Waals surface area contributed by atoms with Gasteiger partial charge in [0.25, 0.3) is 0 Å². The van der Waals surface area contributed by atoms with E-state index in [0.29, 0.717) is 18.2 Å². The molecule has 1 amide bonds. The van der Waals surface area contributed by atoms with Crippen LogP contribution < -0.4 is 5.32 Å². The molecule has 1 N–H and O–H groups in total. The van der Waals surface area contributed by atoms with Crippen molar-refractivity contribution in [1.82, 2.24) is 25.0 Å². The lowest BCUT2D eigenvalue weighted by atomic mass is 10.2. The monoisotopic (exact) mass is 387 g/mol. The molecular formula is C20H29N5OS. The lowest BCUT2D eigenvalue weighted by Crippen LogP contribution is -2.28. The van der Waals surface area contributed by atoms with E-state index < -0.39 is 0 Å². The molecule has 0 bridgehead atoms. The van der Waals surface area contributed by atoms with Gasteiger partial charge in [0.05, 0.1) is 18.8 Å². The van der Waals surface area contributed by atoms with Crippen LogP contribution in [0.1, 0.15) is 38.1 Å². The van der Waals surface area contributed by atoms with Gasteiger partial charge in [-0.1, -0.05) is 55.9 Å². The predicted octanol–water partition coefficient (Wildman–Crippen LogP) is 2.79. The van der Waals surface area contributed by atoms with E-state index in [1.54, 1.807) is 0 Å². The summed E-state index contributed by atoms with van der Waals surface area (Å²) in [5.74, 6) is 1.84. The molecule has 0 saturated carbocycles. The van der Waals surface area contributed by atoms with E-state index in [4.69, 9.17) is 0 Å². The topological polar surface area (TPSA) is 63.1 Å². The summed E-state index contributed by atoms with van der Waals surface area (Å²) in [6.45, 7) is 8.68. The Bertz CT molecular complexity index is 725. The lowest BCUT2D eigenvalue weighted by molar-refractivity contribution is -0.118. The van der Waals surface area contributed by atoms with Crippen molar-refractivity contribution in [3.63, 3.8) is 0 Å². The number of aromatic nitrogens is 3. The van der Waals surface area contributed by atoms with E-state index in [1.807, 2.05) is 18.2 Å². The molecule has 1 aromatic carbocycles. The Morgan fingerprint density at radius 1 is 1.15 bits per heavy atom. The van der Waals surface area contributed by atoms with Gasteiger partial charge < -0.3 is 9.88 Å². The fourth-order valence-electron chi connectivity index (χ4n) is 3.11. The number of benzene rings is 1. The largest absolute Gasteiger partial charge is 0.355 e. The second-order valence-corrected chi connectivity index (χ2v) is 8.38. The summed E-state index contributed by atoms with van der Waals surface area (Å²) < 4.78 is 2.16. The summed E-state index contributed by atoms with van der Waals surface area (Å²) in [4.78, 5) is 14.5. The van der Waals surface area contributed by atoms with E-state index in [2.05, 4.69) is 51.0 Å². The maximum atomic E-state index is 12.1. The fourth-order valence-corrected chi connectivity index (χ4v) is 3.89. The van der Waals surface area contributed by atoms with Crippen LogP contribution in [0.5, 0.6) is 0 Å². The molecule has 146 valence electrons. The van der Waals surface area contributed by atoms with Crippen LogP contribution in [-0.4, -0.2) is 51.0 Å². The molecule has 1 aromatic heterocycles. The summed E-state index contributed by atoms with van der Waals surface area (Å²) >= 11 is 1.46. The van der Waals surface area contributed by atoms with Crippen LogP contribution >= 0.6 is 11.8 Å². The Labute approximate surface area is 165 Å². The number of nitrogens with one attached hydrogen (secondary N) is 1. The smallest absolute Gasteiger partial charge is 0.230 e. The van der Waals surface area contributed by atoms with E-state index in [0.717, 1.165) is 37.2 Å². The quantitative estimate of drug-likeness (QED) is 0.671. The Hall–Kier alpha value is -1.86. The number of nitrogens with zero attached hydrogens (tertiary/aromatic N) is 4. The Morgan fingerprint density at radius 2 is 1.89 bits per heavy atom. The molecule has 27 heavy (non-hydrogen) atoms. The summed E-state index contributed by atoms with van der Waals surface area (Å²) in [5.41, 5.74) is 1.21. The maximum absolute atomic E-state index is 12.1. The second-order valence-electron chi connectivity index (χ2n) is 7.44.